The van der Waals surface area contributed by atoms with E-state index < -0.39 is 12.1 Å². The summed E-state index contributed by atoms with van der Waals surface area (Å²) in [5.74, 6) is -1.22. The number of amides is 1. The largest absolute Gasteiger partial charge is 0.391 e. The maximum Gasteiger partial charge on any atom is 0.391 e. The van der Waals surface area contributed by atoms with Crippen LogP contribution in [0.25, 0.3) is 0 Å². The fourth-order valence-electron chi connectivity index (χ4n) is 1.38. The van der Waals surface area contributed by atoms with Gasteiger partial charge in [0.15, 0.2) is 0 Å². The van der Waals surface area contributed by atoms with Crippen molar-refractivity contribution in [3.8, 4) is 0 Å². The number of alkyl halides is 3. The molecule has 1 aliphatic heterocycles. The Labute approximate surface area is 87.6 Å². The standard InChI is InChI=1S/C7H9F3INO/c8-7(9,10)5-1-3-12(4-2-5)6(11)13/h5H,1-4H2. The van der Waals surface area contributed by atoms with E-state index in [1.54, 1.807) is 22.6 Å². The number of carbonyl (C=O) groups is 1. The summed E-state index contributed by atoms with van der Waals surface area (Å²) in [6.45, 7) is 0.456. The Morgan fingerprint density at radius 3 is 2.08 bits per heavy atom. The molecule has 1 saturated heterocycles. The minimum Gasteiger partial charge on any atom is -0.334 e. The minimum absolute atomic E-state index is 0.0399. The molecule has 0 radical (unpaired) electrons. The highest BCUT2D eigenvalue weighted by Crippen LogP contribution is 2.34. The number of nitrogens with zero attached hydrogens (tertiary/aromatic N) is 1. The molecule has 1 amide bonds. The lowest BCUT2D eigenvalue weighted by atomic mass is 9.97. The molecule has 1 aliphatic rings. The van der Waals surface area contributed by atoms with Gasteiger partial charge < -0.3 is 4.90 Å². The molecule has 0 N–H and O–H groups in total. The lowest BCUT2D eigenvalue weighted by molar-refractivity contribution is -0.183. The Morgan fingerprint density at radius 2 is 1.77 bits per heavy atom. The second-order valence-corrected chi connectivity index (χ2v) is 3.98. The molecule has 0 atom stereocenters. The van der Waals surface area contributed by atoms with E-state index in [1.165, 1.54) is 4.90 Å². The van der Waals surface area contributed by atoms with Crippen molar-refractivity contribution in [2.24, 2.45) is 5.92 Å². The van der Waals surface area contributed by atoms with Crippen LogP contribution in [-0.4, -0.2) is 28.1 Å². The zero-order valence-corrected chi connectivity index (χ0v) is 8.93. The molecular weight excluding hydrogens is 298 g/mol. The third kappa shape index (κ3) is 2.99. The van der Waals surface area contributed by atoms with Crippen molar-refractivity contribution in [1.82, 2.24) is 4.90 Å². The van der Waals surface area contributed by atoms with Gasteiger partial charge >= 0.3 is 6.18 Å². The van der Waals surface area contributed by atoms with Crippen LogP contribution in [0.15, 0.2) is 0 Å². The van der Waals surface area contributed by atoms with Crippen molar-refractivity contribution in [2.45, 2.75) is 19.0 Å². The summed E-state index contributed by atoms with van der Waals surface area (Å²) >= 11 is 1.60. The van der Waals surface area contributed by atoms with Gasteiger partial charge in [-0.05, 0) is 12.8 Å². The summed E-state index contributed by atoms with van der Waals surface area (Å²) in [6.07, 6.45) is -4.02. The number of halogens is 4. The molecule has 1 fully saturated rings. The molecule has 2 nitrogen and oxygen atoms in total. The molecule has 0 spiro atoms. The van der Waals surface area contributed by atoms with Gasteiger partial charge in [0.2, 0.25) is 0 Å². The maximum absolute atomic E-state index is 12.2. The Hall–Kier alpha value is -0.0100. The molecule has 0 saturated carbocycles. The van der Waals surface area contributed by atoms with E-state index >= 15 is 0 Å². The van der Waals surface area contributed by atoms with Crippen molar-refractivity contribution in [3.63, 3.8) is 0 Å². The molecule has 76 valence electrons. The van der Waals surface area contributed by atoms with Crippen molar-refractivity contribution < 1.29 is 18.0 Å². The van der Waals surface area contributed by atoms with Gasteiger partial charge in [0.05, 0.1) is 5.92 Å². The lowest BCUT2D eigenvalue weighted by Gasteiger charge is -2.31. The van der Waals surface area contributed by atoms with Gasteiger partial charge in [0.25, 0.3) is 3.91 Å². The minimum atomic E-state index is -4.10. The number of piperidine rings is 1. The second kappa shape index (κ2) is 4.02. The zero-order valence-electron chi connectivity index (χ0n) is 6.77. The Morgan fingerprint density at radius 1 is 1.31 bits per heavy atom. The molecule has 0 aromatic rings. The number of hydrogen-bond acceptors (Lipinski definition) is 1. The third-order valence-electron chi connectivity index (χ3n) is 2.21. The third-order valence-corrected chi connectivity index (χ3v) is 2.89. The van der Waals surface area contributed by atoms with Crippen molar-refractivity contribution >= 4 is 26.5 Å². The zero-order chi connectivity index (χ0) is 10.1. The smallest absolute Gasteiger partial charge is 0.334 e. The fraction of sp³-hybridized carbons (Fsp3) is 0.857. The summed E-state index contributed by atoms with van der Waals surface area (Å²) in [7, 11) is 0. The molecule has 13 heavy (non-hydrogen) atoms. The molecule has 1 heterocycles. The van der Waals surface area contributed by atoms with E-state index in [2.05, 4.69) is 0 Å². The van der Waals surface area contributed by atoms with E-state index in [-0.39, 0.29) is 29.8 Å². The van der Waals surface area contributed by atoms with E-state index in [9.17, 15) is 18.0 Å². The van der Waals surface area contributed by atoms with Gasteiger partial charge in [-0.25, -0.2) is 0 Å². The van der Waals surface area contributed by atoms with Crippen LogP contribution >= 0.6 is 22.6 Å². The molecule has 0 bridgehead atoms. The summed E-state index contributed by atoms with van der Waals surface area (Å²) in [6, 6.07) is 0. The van der Waals surface area contributed by atoms with E-state index in [0.717, 1.165) is 0 Å². The van der Waals surface area contributed by atoms with Crippen LogP contribution in [0.5, 0.6) is 0 Å². The highest BCUT2D eigenvalue weighted by Gasteiger charge is 2.41. The summed E-state index contributed by atoms with van der Waals surface area (Å²) in [4.78, 5) is 12.2. The summed E-state index contributed by atoms with van der Waals surface area (Å²) < 4.78 is 36.3. The molecule has 1 rings (SSSR count). The second-order valence-electron chi connectivity index (χ2n) is 3.06. The van der Waals surface area contributed by atoms with Crippen LogP contribution < -0.4 is 0 Å². The highest BCUT2D eigenvalue weighted by molar-refractivity contribution is 14.1. The first-order chi connectivity index (χ1) is 5.91. The van der Waals surface area contributed by atoms with Crippen LogP contribution in [0.3, 0.4) is 0 Å². The van der Waals surface area contributed by atoms with Gasteiger partial charge in [-0.3, -0.25) is 4.79 Å². The van der Waals surface area contributed by atoms with Crippen molar-refractivity contribution in [3.05, 3.63) is 0 Å². The average Bonchev–Trinajstić information content (AvgIpc) is 2.03. The Bertz CT molecular complexity index is 198. The van der Waals surface area contributed by atoms with E-state index in [4.69, 9.17) is 0 Å². The summed E-state index contributed by atoms with van der Waals surface area (Å²) in [5, 5.41) is 0. The van der Waals surface area contributed by atoms with Gasteiger partial charge in [0, 0.05) is 35.7 Å². The SMILES string of the molecule is O=C(I)N1CCC(C(F)(F)F)CC1. The number of hydrogen-bond donors (Lipinski definition) is 0. The molecule has 0 aromatic heterocycles. The lowest BCUT2D eigenvalue weighted by Crippen LogP contribution is -2.39. The van der Waals surface area contributed by atoms with Crippen LogP contribution in [0.1, 0.15) is 12.8 Å². The molecule has 0 aliphatic carbocycles. The molecular formula is C7H9F3INO. The first-order valence-corrected chi connectivity index (χ1v) is 5.00. The molecule has 0 aromatic carbocycles. The molecule has 0 unspecified atom stereocenters. The van der Waals surface area contributed by atoms with Crippen LogP contribution in [-0.2, 0) is 0 Å². The summed E-state index contributed by atoms with van der Waals surface area (Å²) in [5.41, 5.74) is 0. The first kappa shape index (κ1) is 11.1. The fourth-order valence-corrected chi connectivity index (χ4v) is 1.87. The molecule has 6 heteroatoms. The quantitative estimate of drug-likeness (QED) is 0.383. The van der Waals surface area contributed by atoms with Gasteiger partial charge in [-0.15, -0.1) is 0 Å². The van der Waals surface area contributed by atoms with Crippen LogP contribution in [0.4, 0.5) is 18.0 Å². The monoisotopic (exact) mass is 307 g/mol. The number of carbonyl (C=O) groups excluding carboxylic acids is 1. The normalized spacial score (nSPS) is 20.5. The van der Waals surface area contributed by atoms with Gasteiger partial charge in [-0.1, -0.05) is 0 Å². The van der Waals surface area contributed by atoms with Gasteiger partial charge in [0.1, 0.15) is 0 Å². The first-order valence-electron chi connectivity index (χ1n) is 3.92. The van der Waals surface area contributed by atoms with E-state index in [1.807, 2.05) is 0 Å². The Kier molecular flexibility index (Phi) is 3.42. The van der Waals surface area contributed by atoms with Crippen LogP contribution in [0.2, 0.25) is 0 Å². The predicted molar refractivity (Wildman–Crippen MR) is 49.8 cm³/mol. The highest BCUT2D eigenvalue weighted by atomic mass is 127. The average molecular weight is 307 g/mol. The predicted octanol–water partition coefficient (Wildman–Crippen LogP) is 2.82. The van der Waals surface area contributed by atoms with Crippen LogP contribution in [0, 0.1) is 5.92 Å². The maximum atomic E-state index is 12.2. The van der Waals surface area contributed by atoms with Gasteiger partial charge in [-0.2, -0.15) is 13.2 Å². The van der Waals surface area contributed by atoms with E-state index in [0.29, 0.717) is 0 Å². The topological polar surface area (TPSA) is 20.3 Å². The van der Waals surface area contributed by atoms with Crippen molar-refractivity contribution in [1.29, 1.82) is 0 Å². The number of likely N-dealkylation sites (tertiary alicyclic amines) is 1. The Balaban J connectivity index is 2.44. The number of rotatable bonds is 0. The van der Waals surface area contributed by atoms with Crippen molar-refractivity contribution in [2.75, 3.05) is 13.1 Å².